The zero-order valence-electron chi connectivity index (χ0n) is 11.2. The van der Waals surface area contributed by atoms with Gasteiger partial charge >= 0.3 is 0 Å². The van der Waals surface area contributed by atoms with Gasteiger partial charge in [-0.25, -0.2) is 9.07 Å². The Labute approximate surface area is 119 Å². The van der Waals surface area contributed by atoms with Gasteiger partial charge in [0.25, 0.3) is 5.95 Å². The Kier molecular flexibility index (Phi) is 3.19. The molecule has 0 spiro atoms. The zero-order valence-corrected chi connectivity index (χ0v) is 11.2. The number of hydrogen-bond donors (Lipinski definition) is 2. The Balaban J connectivity index is 1.93. The Hall–Kier alpha value is -3.03. The summed E-state index contributed by atoms with van der Waals surface area (Å²) in [6, 6.07) is 6.49. The number of nitrogen functional groups attached to an aromatic ring is 1. The van der Waals surface area contributed by atoms with Gasteiger partial charge in [-0.05, 0) is 30.7 Å². The van der Waals surface area contributed by atoms with E-state index in [-0.39, 0.29) is 23.7 Å². The molecule has 0 aliphatic carbocycles. The van der Waals surface area contributed by atoms with E-state index in [1.165, 1.54) is 10.7 Å². The molecule has 0 unspecified atom stereocenters. The molecule has 0 amide bonds. The standard InChI is InChI=1S/C13H12FN7/c1-8-3-4-9(7-10(8)14)17-12-18-11(15)19-13(20-12)21-6-2-5-16-21/h2-7H,1H3,(H3,15,17,18,19,20). The van der Waals surface area contributed by atoms with E-state index < -0.39 is 0 Å². The van der Waals surface area contributed by atoms with Crippen LogP contribution < -0.4 is 11.1 Å². The topological polar surface area (TPSA) is 94.5 Å². The third-order valence-corrected chi connectivity index (χ3v) is 2.78. The normalized spacial score (nSPS) is 10.6. The predicted molar refractivity (Wildman–Crippen MR) is 75.8 cm³/mol. The van der Waals surface area contributed by atoms with Crippen molar-refractivity contribution in [2.75, 3.05) is 11.1 Å². The van der Waals surface area contributed by atoms with Crippen LogP contribution in [0.4, 0.5) is 22.0 Å². The first-order valence-electron chi connectivity index (χ1n) is 6.16. The van der Waals surface area contributed by atoms with Gasteiger partial charge in [-0.3, -0.25) is 0 Å². The average Bonchev–Trinajstić information content (AvgIpc) is 2.96. The quantitative estimate of drug-likeness (QED) is 0.762. The van der Waals surface area contributed by atoms with E-state index in [0.717, 1.165) is 0 Å². The Morgan fingerprint density at radius 2 is 2.10 bits per heavy atom. The lowest BCUT2D eigenvalue weighted by molar-refractivity contribution is 0.619. The second-order valence-electron chi connectivity index (χ2n) is 4.36. The fourth-order valence-electron chi connectivity index (χ4n) is 1.73. The van der Waals surface area contributed by atoms with Gasteiger partial charge < -0.3 is 11.1 Å². The van der Waals surface area contributed by atoms with Gasteiger partial charge in [0.1, 0.15) is 5.82 Å². The molecule has 21 heavy (non-hydrogen) atoms. The molecule has 0 atom stereocenters. The summed E-state index contributed by atoms with van der Waals surface area (Å²) in [4.78, 5) is 12.2. The highest BCUT2D eigenvalue weighted by Crippen LogP contribution is 2.17. The van der Waals surface area contributed by atoms with E-state index in [9.17, 15) is 4.39 Å². The minimum Gasteiger partial charge on any atom is -0.368 e. The van der Waals surface area contributed by atoms with Crippen LogP contribution >= 0.6 is 0 Å². The number of anilines is 3. The second kappa shape index (κ2) is 5.16. The van der Waals surface area contributed by atoms with E-state index in [4.69, 9.17) is 5.73 Å². The number of nitrogens with two attached hydrogens (primary N) is 1. The molecule has 0 fully saturated rings. The first kappa shape index (κ1) is 13.0. The Morgan fingerprint density at radius 1 is 1.24 bits per heavy atom. The summed E-state index contributed by atoms with van der Waals surface area (Å²) in [5, 5.41) is 6.91. The number of halogens is 1. The fourth-order valence-corrected chi connectivity index (χ4v) is 1.73. The predicted octanol–water partition coefficient (Wildman–Crippen LogP) is 1.83. The average molecular weight is 285 g/mol. The van der Waals surface area contributed by atoms with Crippen LogP contribution in [-0.4, -0.2) is 24.7 Å². The van der Waals surface area contributed by atoms with Crippen LogP contribution in [0.5, 0.6) is 0 Å². The molecule has 8 heteroatoms. The van der Waals surface area contributed by atoms with Crippen molar-refractivity contribution in [1.29, 1.82) is 0 Å². The molecule has 3 rings (SSSR count). The molecule has 106 valence electrons. The van der Waals surface area contributed by atoms with Gasteiger partial charge in [-0.1, -0.05) is 6.07 Å². The molecular formula is C13H12FN7. The molecule has 2 heterocycles. The molecule has 0 saturated carbocycles. The number of benzene rings is 1. The monoisotopic (exact) mass is 285 g/mol. The van der Waals surface area contributed by atoms with Gasteiger partial charge in [-0.2, -0.15) is 20.1 Å². The number of hydrogen-bond acceptors (Lipinski definition) is 6. The van der Waals surface area contributed by atoms with Crippen molar-refractivity contribution >= 4 is 17.6 Å². The zero-order chi connectivity index (χ0) is 14.8. The van der Waals surface area contributed by atoms with Crippen molar-refractivity contribution in [2.24, 2.45) is 0 Å². The van der Waals surface area contributed by atoms with Crippen LogP contribution in [-0.2, 0) is 0 Å². The lowest BCUT2D eigenvalue weighted by Crippen LogP contribution is -2.09. The SMILES string of the molecule is Cc1ccc(Nc2nc(N)nc(-n3cccn3)n2)cc1F. The largest absolute Gasteiger partial charge is 0.368 e. The maximum atomic E-state index is 13.5. The summed E-state index contributed by atoms with van der Waals surface area (Å²) in [7, 11) is 0. The van der Waals surface area contributed by atoms with E-state index in [0.29, 0.717) is 11.3 Å². The van der Waals surface area contributed by atoms with Crippen LogP contribution in [0.1, 0.15) is 5.56 Å². The number of nitrogens with zero attached hydrogens (tertiary/aromatic N) is 5. The third kappa shape index (κ3) is 2.78. The van der Waals surface area contributed by atoms with E-state index in [2.05, 4.69) is 25.4 Å². The third-order valence-electron chi connectivity index (χ3n) is 2.78. The van der Waals surface area contributed by atoms with Crippen molar-refractivity contribution in [3.05, 3.63) is 48.0 Å². The lowest BCUT2D eigenvalue weighted by atomic mass is 10.2. The van der Waals surface area contributed by atoms with Crippen LogP contribution in [0.25, 0.3) is 5.95 Å². The number of rotatable bonds is 3. The van der Waals surface area contributed by atoms with E-state index in [1.54, 1.807) is 37.5 Å². The molecule has 7 nitrogen and oxygen atoms in total. The summed E-state index contributed by atoms with van der Waals surface area (Å²) in [6.07, 6.45) is 3.28. The fraction of sp³-hybridized carbons (Fsp3) is 0.0769. The highest BCUT2D eigenvalue weighted by molar-refractivity contribution is 5.55. The van der Waals surface area contributed by atoms with Gasteiger partial charge in [0, 0.05) is 18.1 Å². The number of nitrogens with one attached hydrogen (secondary N) is 1. The molecule has 3 aromatic rings. The highest BCUT2D eigenvalue weighted by atomic mass is 19.1. The Morgan fingerprint density at radius 3 is 2.81 bits per heavy atom. The lowest BCUT2D eigenvalue weighted by Gasteiger charge is -2.08. The van der Waals surface area contributed by atoms with Gasteiger partial charge in [0.15, 0.2) is 0 Å². The molecule has 0 radical (unpaired) electrons. The second-order valence-corrected chi connectivity index (χ2v) is 4.36. The van der Waals surface area contributed by atoms with Crippen molar-refractivity contribution in [1.82, 2.24) is 24.7 Å². The number of aromatic nitrogens is 5. The summed E-state index contributed by atoms with van der Waals surface area (Å²) in [6.45, 7) is 1.69. The van der Waals surface area contributed by atoms with Crippen LogP contribution in [0.15, 0.2) is 36.7 Å². The van der Waals surface area contributed by atoms with Crippen molar-refractivity contribution in [2.45, 2.75) is 6.92 Å². The molecule has 0 aliphatic heterocycles. The molecule has 2 aromatic heterocycles. The molecule has 1 aromatic carbocycles. The maximum Gasteiger partial charge on any atom is 0.257 e. The maximum absolute atomic E-state index is 13.5. The minimum atomic E-state index is -0.311. The van der Waals surface area contributed by atoms with Gasteiger partial charge in [0.2, 0.25) is 11.9 Å². The van der Waals surface area contributed by atoms with E-state index >= 15 is 0 Å². The first-order chi connectivity index (χ1) is 10.1. The number of aryl methyl sites for hydroxylation is 1. The first-order valence-corrected chi connectivity index (χ1v) is 6.16. The van der Waals surface area contributed by atoms with Crippen LogP contribution in [0, 0.1) is 12.7 Å². The van der Waals surface area contributed by atoms with Gasteiger partial charge in [-0.15, -0.1) is 0 Å². The summed E-state index contributed by atoms with van der Waals surface area (Å²) >= 11 is 0. The van der Waals surface area contributed by atoms with Crippen LogP contribution in [0.2, 0.25) is 0 Å². The molecule has 0 bridgehead atoms. The molecular weight excluding hydrogens is 273 g/mol. The van der Waals surface area contributed by atoms with Crippen molar-refractivity contribution < 1.29 is 4.39 Å². The summed E-state index contributed by atoms with van der Waals surface area (Å²) in [5.74, 6) is 0.235. The van der Waals surface area contributed by atoms with Crippen molar-refractivity contribution in [3.63, 3.8) is 0 Å². The molecule has 0 saturated heterocycles. The van der Waals surface area contributed by atoms with Gasteiger partial charge in [0.05, 0.1) is 0 Å². The smallest absolute Gasteiger partial charge is 0.257 e. The minimum absolute atomic E-state index is 0.0468. The van der Waals surface area contributed by atoms with Crippen molar-refractivity contribution in [3.8, 4) is 5.95 Å². The highest BCUT2D eigenvalue weighted by Gasteiger charge is 2.07. The molecule has 3 N–H and O–H groups in total. The summed E-state index contributed by atoms with van der Waals surface area (Å²) in [5.41, 5.74) is 6.74. The van der Waals surface area contributed by atoms with E-state index in [1.807, 2.05) is 0 Å². The van der Waals surface area contributed by atoms with Crippen LogP contribution in [0.3, 0.4) is 0 Å². The summed E-state index contributed by atoms with van der Waals surface area (Å²) < 4.78 is 15.0. The molecule has 0 aliphatic rings. The Bertz CT molecular complexity index is 770.